The molecular weight excluding hydrogens is 256 g/mol. The number of rotatable bonds is 1. The maximum atomic E-state index is 2.68. The van der Waals surface area contributed by atoms with Crippen molar-refractivity contribution in [1.82, 2.24) is 9.80 Å². The minimum Gasteiger partial charge on any atom is -0.303 e. The molecule has 1 fully saturated rings. The number of nitrogens with zero attached hydrogens (tertiary/aromatic N) is 2. The van der Waals surface area contributed by atoms with Crippen molar-refractivity contribution in [2.24, 2.45) is 0 Å². The third kappa shape index (κ3) is 2.29. The molecule has 0 bridgehead atoms. The molecule has 2 aromatic carbocycles. The van der Waals surface area contributed by atoms with Crippen LogP contribution < -0.4 is 0 Å². The second-order valence-corrected chi connectivity index (χ2v) is 6.37. The summed E-state index contributed by atoms with van der Waals surface area (Å²) in [6.07, 6.45) is 0. The molecule has 2 heteroatoms. The Labute approximate surface area is 127 Å². The van der Waals surface area contributed by atoms with Gasteiger partial charge in [-0.2, -0.15) is 0 Å². The molecule has 2 nitrogen and oxygen atoms in total. The fourth-order valence-electron chi connectivity index (χ4n) is 3.91. The van der Waals surface area contributed by atoms with Crippen molar-refractivity contribution in [3.63, 3.8) is 0 Å². The summed E-state index contributed by atoms with van der Waals surface area (Å²) in [7, 11) is 2.24. The first-order valence-electron chi connectivity index (χ1n) is 7.89. The molecule has 2 heterocycles. The van der Waals surface area contributed by atoms with Gasteiger partial charge in [0.1, 0.15) is 0 Å². The summed E-state index contributed by atoms with van der Waals surface area (Å²) in [5.74, 6) is 0.516. The first kappa shape index (κ1) is 13.1. The van der Waals surface area contributed by atoms with Gasteiger partial charge in [0.05, 0.1) is 0 Å². The molecule has 2 aliphatic heterocycles. The summed E-state index contributed by atoms with van der Waals surface area (Å²) >= 11 is 0. The SMILES string of the molecule is CN1CCN2C[C@H](c3ccccc3)c3ccccc3[C@H]2C1. The summed E-state index contributed by atoms with van der Waals surface area (Å²) < 4.78 is 0. The molecule has 0 saturated carbocycles. The van der Waals surface area contributed by atoms with Gasteiger partial charge in [-0.05, 0) is 23.7 Å². The Kier molecular flexibility index (Phi) is 3.28. The van der Waals surface area contributed by atoms with Crippen molar-refractivity contribution in [1.29, 1.82) is 0 Å². The third-order valence-corrected chi connectivity index (χ3v) is 5.04. The van der Waals surface area contributed by atoms with Crippen LogP contribution in [0.15, 0.2) is 54.6 Å². The molecule has 2 aliphatic rings. The number of piperazine rings is 1. The average molecular weight is 278 g/mol. The van der Waals surface area contributed by atoms with E-state index in [1.165, 1.54) is 29.8 Å². The van der Waals surface area contributed by atoms with Crippen LogP contribution in [0.4, 0.5) is 0 Å². The average Bonchev–Trinajstić information content (AvgIpc) is 2.55. The number of benzene rings is 2. The van der Waals surface area contributed by atoms with Crippen LogP contribution in [-0.4, -0.2) is 43.0 Å². The van der Waals surface area contributed by atoms with Crippen LogP contribution in [0.25, 0.3) is 0 Å². The molecule has 2 aromatic rings. The van der Waals surface area contributed by atoms with E-state index < -0.39 is 0 Å². The maximum Gasteiger partial charge on any atom is 0.0478 e. The van der Waals surface area contributed by atoms with E-state index in [0.717, 1.165) is 13.1 Å². The summed E-state index contributed by atoms with van der Waals surface area (Å²) in [5, 5.41) is 0. The second kappa shape index (κ2) is 5.28. The van der Waals surface area contributed by atoms with Crippen LogP contribution in [-0.2, 0) is 0 Å². The van der Waals surface area contributed by atoms with Gasteiger partial charge in [0.15, 0.2) is 0 Å². The van der Waals surface area contributed by atoms with E-state index in [9.17, 15) is 0 Å². The van der Waals surface area contributed by atoms with Gasteiger partial charge in [-0.15, -0.1) is 0 Å². The van der Waals surface area contributed by atoms with E-state index in [-0.39, 0.29) is 0 Å². The molecule has 0 aliphatic carbocycles. The quantitative estimate of drug-likeness (QED) is 0.791. The van der Waals surface area contributed by atoms with Crippen LogP contribution >= 0.6 is 0 Å². The van der Waals surface area contributed by atoms with Gasteiger partial charge in [0.25, 0.3) is 0 Å². The highest BCUT2D eigenvalue weighted by atomic mass is 15.3. The Balaban J connectivity index is 1.79. The van der Waals surface area contributed by atoms with Gasteiger partial charge < -0.3 is 4.90 Å². The highest BCUT2D eigenvalue weighted by Crippen LogP contribution is 2.40. The zero-order chi connectivity index (χ0) is 14.2. The van der Waals surface area contributed by atoms with Crippen molar-refractivity contribution in [2.45, 2.75) is 12.0 Å². The molecule has 0 spiro atoms. The number of hydrogen-bond acceptors (Lipinski definition) is 2. The van der Waals surface area contributed by atoms with Crippen LogP contribution in [0.1, 0.15) is 28.7 Å². The Hall–Kier alpha value is -1.64. The van der Waals surface area contributed by atoms with Crippen molar-refractivity contribution >= 4 is 0 Å². The molecule has 108 valence electrons. The smallest absolute Gasteiger partial charge is 0.0478 e. The third-order valence-electron chi connectivity index (χ3n) is 5.04. The van der Waals surface area contributed by atoms with Crippen LogP contribution in [0, 0.1) is 0 Å². The predicted octanol–water partition coefficient (Wildman–Crippen LogP) is 3.12. The molecule has 4 rings (SSSR count). The lowest BCUT2D eigenvalue weighted by Gasteiger charge is -2.46. The number of likely N-dealkylation sites (N-methyl/N-ethyl adjacent to an activating group) is 1. The Morgan fingerprint density at radius 2 is 1.52 bits per heavy atom. The number of fused-ring (bicyclic) bond motifs is 3. The largest absolute Gasteiger partial charge is 0.303 e. The second-order valence-electron chi connectivity index (χ2n) is 6.37. The van der Waals surface area contributed by atoms with Gasteiger partial charge in [0.2, 0.25) is 0 Å². The lowest BCUT2D eigenvalue weighted by molar-refractivity contribution is 0.0772. The van der Waals surface area contributed by atoms with E-state index in [1.807, 2.05) is 0 Å². The van der Waals surface area contributed by atoms with Gasteiger partial charge in [-0.3, -0.25) is 4.90 Å². The zero-order valence-electron chi connectivity index (χ0n) is 12.6. The lowest BCUT2D eigenvalue weighted by atomic mass is 9.80. The molecule has 0 N–H and O–H groups in total. The summed E-state index contributed by atoms with van der Waals surface area (Å²) in [4.78, 5) is 5.14. The van der Waals surface area contributed by atoms with Crippen molar-refractivity contribution in [3.05, 3.63) is 71.3 Å². The predicted molar refractivity (Wildman–Crippen MR) is 86.5 cm³/mol. The maximum absolute atomic E-state index is 2.68. The van der Waals surface area contributed by atoms with Crippen molar-refractivity contribution in [3.8, 4) is 0 Å². The monoisotopic (exact) mass is 278 g/mol. The highest BCUT2D eigenvalue weighted by Gasteiger charge is 2.35. The van der Waals surface area contributed by atoms with E-state index in [0.29, 0.717) is 12.0 Å². The summed E-state index contributed by atoms with van der Waals surface area (Å²) in [6, 6.07) is 20.6. The molecule has 2 atom stereocenters. The molecular formula is C19H22N2. The van der Waals surface area contributed by atoms with E-state index >= 15 is 0 Å². The molecule has 0 aromatic heterocycles. The molecule has 1 saturated heterocycles. The molecule has 21 heavy (non-hydrogen) atoms. The van der Waals surface area contributed by atoms with Crippen LogP contribution in [0.3, 0.4) is 0 Å². The molecule has 0 amide bonds. The lowest BCUT2D eigenvalue weighted by Crippen LogP contribution is -2.50. The fraction of sp³-hybridized carbons (Fsp3) is 0.368. The first-order chi connectivity index (χ1) is 10.3. The Bertz CT molecular complexity index is 622. The molecule has 0 radical (unpaired) electrons. The van der Waals surface area contributed by atoms with Gasteiger partial charge in [-0.25, -0.2) is 0 Å². The van der Waals surface area contributed by atoms with E-state index in [2.05, 4.69) is 71.4 Å². The van der Waals surface area contributed by atoms with Crippen LogP contribution in [0.5, 0.6) is 0 Å². The minimum absolute atomic E-state index is 0.516. The van der Waals surface area contributed by atoms with E-state index in [1.54, 1.807) is 0 Å². The Morgan fingerprint density at radius 1 is 0.810 bits per heavy atom. The zero-order valence-corrected chi connectivity index (χ0v) is 12.6. The Morgan fingerprint density at radius 3 is 2.33 bits per heavy atom. The summed E-state index contributed by atoms with van der Waals surface area (Å²) in [5.41, 5.74) is 4.51. The fourth-order valence-corrected chi connectivity index (χ4v) is 3.91. The van der Waals surface area contributed by atoms with Gasteiger partial charge in [0, 0.05) is 38.1 Å². The minimum atomic E-state index is 0.516. The van der Waals surface area contributed by atoms with E-state index in [4.69, 9.17) is 0 Å². The van der Waals surface area contributed by atoms with Crippen LogP contribution in [0.2, 0.25) is 0 Å². The molecule has 0 unspecified atom stereocenters. The highest BCUT2D eigenvalue weighted by molar-refractivity contribution is 5.42. The van der Waals surface area contributed by atoms with Gasteiger partial charge >= 0.3 is 0 Å². The van der Waals surface area contributed by atoms with Gasteiger partial charge in [-0.1, -0.05) is 54.6 Å². The first-order valence-corrected chi connectivity index (χ1v) is 7.89. The number of hydrogen-bond donors (Lipinski definition) is 0. The standard InChI is InChI=1S/C19H22N2/c1-20-11-12-21-13-18(15-7-3-2-4-8-15)16-9-5-6-10-17(16)19(21)14-20/h2-10,18-19H,11-14H2,1H3/t18-,19-/m1/s1. The van der Waals surface area contributed by atoms with Crippen molar-refractivity contribution in [2.75, 3.05) is 33.2 Å². The van der Waals surface area contributed by atoms with Crippen molar-refractivity contribution < 1.29 is 0 Å². The normalized spacial score (nSPS) is 26.1. The summed E-state index contributed by atoms with van der Waals surface area (Å²) in [6.45, 7) is 4.66. The topological polar surface area (TPSA) is 6.48 Å².